The first-order valence-corrected chi connectivity index (χ1v) is 23.6. The molecule has 0 aliphatic carbocycles. The molecule has 4 aromatic rings. The van der Waals surface area contributed by atoms with Crippen molar-refractivity contribution in [3.05, 3.63) is 72.1 Å². The lowest BCUT2D eigenvalue weighted by molar-refractivity contribution is -0.134. The zero-order valence-electron chi connectivity index (χ0n) is 38.5. The van der Waals surface area contributed by atoms with E-state index in [1.165, 1.54) is 44.9 Å². The third kappa shape index (κ3) is 18.1. The van der Waals surface area contributed by atoms with Gasteiger partial charge in [0.05, 0.1) is 0 Å². The summed E-state index contributed by atoms with van der Waals surface area (Å²) in [6.45, 7) is 2.66. The van der Waals surface area contributed by atoms with Gasteiger partial charge in [-0.2, -0.15) is 0 Å². The zero-order chi connectivity index (χ0) is 47.7. The van der Waals surface area contributed by atoms with Crippen molar-refractivity contribution in [1.29, 1.82) is 0 Å². The number of fused-ring (bicyclic) bond motifs is 2. The molecule has 18 nitrogen and oxygen atoms in total. The second-order valence-electron chi connectivity index (χ2n) is 17.0. The van der Waals surface area contributed by atoms with Gasteiger partial charge in [0.2, 0.25) is 29.5 Å². The van der Waals surface area contributed by atoms with Crippen molar-refractivity contribution in [3.63, 3.8) is 0 Å². The lowest BCUT2D eigenvalue weighted by Crippen LogP contribution is -2.59. The number of nitrogens with zero attached hydrogens (tertiary/aromatic N) is 2. The number of hydrogen-bond acceptors (Lipinski definition) is 7. The predicted octanol–water partition coefficient (Wildman–Crippen LogP) is 3.67. The number of unbranched alkanes of at least 4 members (excludes halogenated alkanes) is 10. The molecule has 0 aliphatic heterocycles. The lowest BCUT2D eigenvalue weighted by Gasteiger charge is -2.26. The van der Waals surface area contributed by atoms with Gasteiger partial charge in [-0.25, -0.2) is 0 Å². The van der Waals surface area contributed by atoms with Crippen LogP contribution in [0, 0.1) is 0 Å². The average Bonchev–Trinajstić information content (AvgIpc) is 3.90. The Balaban J connectivity index is 1.54. The van der Waals surface area contributed by atoms with Crippen molar-refractivity contribution in [2.24, 2.45) is 38.7 Å². The number of para-hydroxylation sites is 2. The number of primary amides is 1. The van der Waals surface area contributed by atoms with Crippen LogP contribution in [0.5, 0.6) is 0 Å². The van der Waals surface area contributed by atoms with E-state index in [1.54, 1.807) is 12.4 Å². The van der Waals surface area contributed by atoms with Gasteiger partial charge in [0.15, 0.2) is 11.9 Å². The summed E-state index contributed by atoms with van der Waals surface area (Å²) in [4.78, 5) is 83.5. The predicted molar refractivity (Wildman–Crippen MR) is 262 cm³/mol. The number of benzene rings is 2. The number of carbonyl (C=O) groups excluding carboxylic acids is 5. The fourth-order valence-electron chi connectivity index (χ4n) is 8.05. The number of aromatic amines is 2. The highest BCUT2D eigenvalue weighted by Gasteiger charge is 2.32. The molecule has 360 valence electrons. The van der Waals surface area contributed by atoms with Crippen LogP contribution in [0.2, 0.25) is 0 Å². The van der Waals surface area contributed by atoms with Crippen LogP contribution in [0.15, 0.2) is 70.9 Å². The Morgan fingerprint density at radius 1 is 0.515 bits per heavy atom. The largest absolute Gasteiger partial charge is 0.370 e. The molecule has 0 radical (unpaired) electrons. The smallest absolute Gasteiger partial charge is 0.243 e. The Kier molecular flexibility index (Phi) is 22.4. The second kappa shape index (κ2) is 28.3. The molecule has 66 heavy (non-hydrogen) atoms. The van der Waals surface area contributed by atoms with Crippen molar-refractivity contribution in [2.75, 3.05) is 13.1 Å². The summed E-state index contributed by atoms with van der Waals surface area (Å²) in [5.41, 5.74) is 30.9. The third-order valence-corrected chi connectivity index (χ3v) is 11.7. The van der Waals surface area contributed by atoms with Gasteiger partial charge in [0, 0.05) is 66.6 Å². The summed E-state index contributed by atoms with van der Waals surface area (Å²) in [6, 6.07) is 10.5. The van der Waals surface area contributed by atoms with Crippen LogP contribution < -0.4 is 49.9 Å². The Bertz CT molecular complexity index is 2210. The summed E-state index contributed by atoms with van der Waals surface area (Å²) in [5.74, 6) is -3.16. The first-order valence-electron chi connectivity index (χ1n) is 23.6. The molecule has 2 aromatic heterocycles. The highest BCUT2D eigenvalue weighted by molar-refractivity contribution is 5.96. The van der Waals surface area contributed by atoms with Gasteiger partial charge in [-0.1, -0.05) is 108 Å². The fourth-order valence-corrected chi connectivity index (χ4v) is 8.05. The summed E-state index contributed by atoms with van der Waals surface area (Å²) < 4.78 is 0. The van der Waals surface area contributed by atoms with E-state index < -0.39 is 47.8 Å². The molecule has 18 heteroatoms. The van der Waals surface area contributed by atoms with Crippen LogP contribution >= 0.6 is 0 Å². The standard InChI is InChI=1S/C48H73N13O5/c1-2-3-4-5-6-7-8-9-10-11-12-25-42(62)58-39(24-18-27-55-48(52)53)44(64)60-41(29-33-31-57-37-22-16-14-20-35(33)37)46(66)61-40(28-32-30-56-36-21-15-13-19-34(32)36)45(65)59-38(43(49)63)23-17-26-54-47(50)51/h13-16,19-22,30-31,38-41,56-57H,2-12,17-18,23-29H2,1H3,(H2,49,63)(H,58,62)(H,59,65)(H,60,64)(H,61,66)(H4,50,51,54)(H4,52,53,55)/t38-,39-,40-,41-/m0/s1. The quantitative estimate of drug-likeness (QED) is 0.0193. The first kappa shape index (κ1) is 52.0. The van der Waals surface area contributed by atoms with Gasteiger partial charge in [-0.05, 0) is 55.4 Å². The van der Waals surface area contributed by atoms with E-state index >= 15 is 0 Å². The molecule has 0 aliphatic rings. The SMILES string of the molecule is CCCCCCCCCCCCCC(=O)N[C@@H](CCCN=C(N)N)C(=O)N[C@@H](Cc1c[nH]c2ccccc12)C(=O)N[C@@H](Cc1c[nH]c2ccccc12)C(=O)N[C@@H](CCCN=C(N)N)C(N)=O. The maximum Gasteiger partial charge on any atom is 0.243 e. The molecule has 0 bridgehead atoms. The maximum absolute atomic E-state index is 14.7. The van der Waals surface area contributed by atoms with Crippen molar-refractivity contribution in [3.8, 4) is 0 Å². The topological polar surface area (TPSA) is 320 Å². The Hall–Kier alpha value is -6.59. The molecule has 5 amide bonds. The van der Waals surface area contributed by atoms with Crippen LogP contribution in [-0.4, -0.2) is 88.7 Å². The Morgan fingerprint density at radius 2 is 0.924 bits per heavy atom. The number of rotatable bonds is 32. The molecule has 0 fully saturated rings. The molecule has 0 spiro atoms. The fraction of sp³-hybridized carbons (Fsp3) is 0.521. The van der Waals surface area contributed by atoms with E-state index in [9.17, 15) is 24.0 Å². The van der Waals surface area contributed by atoms with Crippen molar-refractivity contribution >= 4 is 63.3 Å². The van der Waals surface area contributed by atoms with Crippen LogP contribution in [0.1, 0.15) is 121 Å². The summed E-state index contributed by atoms with van der Waals surface area (Å²) in [5, 5.41) is 13.1. The number of hydrogen-bond donors (Lipinski definition) is 11. The van der Waals surface area contributed by atoms with E-state index in [4.69, 9.17) is 28.7 Å². The normalized spacial score (nSPS) is 13.0. The molecule has 4 rings (SSSR count). The summed E-state index contributed by atoms with van der Waals surface area (Å²) in [7, 11) is 0. The number of carbonyl (C=O) groups is 5. The van der Waals surface area contributed by atoms with Gasteiger partial charge in [-0.3, -0.25) is 34.0 Å². The first-order chi connectivity index (χ1) is 31.9. The number of aliphatic imine (C=N–C) groups is 2. The number of nitrogens with one attached hydrogen (secondary N) is 6. The number of aromatic nitrogens is 2. The summed E-state index contributed by atoms with van der Waals surface area (Å²) in [6.07, 6.45) is 17.4. The minimum absolute atomic E-state index is 0.0251. The number of H-pyrrole nitrogens is 2. The van der Waals surface area contributed by atoms with E-state index in [0.29, 0.717) is 19.3 Å². The third-order valence-electron chi connectivity index (χ3n) is 11.7. The average molecular weight is 912 g/mol. The molecule has 0 saturated carbocycles. The second-order valence-corrected chi connectivity index (χ2v) is 17.0. The highest BCUT2D eigenvalue weighted by Crippen LogP contribution is 2.22. The van der Waals surface area contributed by atoms with Crippen LogP contribution in [0.3, 0.4) is 0 Å². The molecule has 2 aromatic carbocycles. The molecule has 0 saturated heterocycles. The van der Waals surface area contributed by atoms with Crippen molar-refractivity contribution in [1.82, 2.24) is 31.2 Å². The minimum Gasteiger partial charge on any atom is -0.370 e. The highest BCUT2D eigenvalue weighted by atomic mass is 16.2. The molecule has 0 unspecified atom stereocenters. The van der Waals surface area contributed by atoms with Gasteiger partial charge in [0.25, 0.3) is 0 Å². The Labute approximate surface area is 387 Å². The van der Waals surface area contributed by atoms with E-state index in [2.05, 4.69) is 48.1 Å². The monoisotopic (exact) mass is 912 g/mol. The molecular weight excluding hydrogens is 839 g/mol. The lowest BCUT2D eigenvalue weighted by atomic mass is 10.0. The van der Waals surface area contributed by atoms with Gasteiger partial charge in [0.1, 0.15) is 24.2 Å². The summed E-state index contributed by atoms with van der Waals surface area (Å²) >= 11 is 0. The van der Waals surface area contributed by atoms with Gasteiger partial charge >= 0.3 is 0 Å². The van der Waals surface area contributed by atoms with Gasteiger partial charge in [-0.15, -0.1) is 0 Å². The molecular formula is C48H73N13O5. The maximum atomic E-state index is 14.7. The molecule has 16 N–H and O–H groups in total. The molecule has 4 atom stereocenters. The minimum atomic E-state index is -1.22. The van der Waals surface area contributed by atoms with Gasteiger partial charge < -0.3 is 59.9 Å². The van der Waals surface area contributed by atoms with E-state index in [0.717, 1.165) is 52.2 Å². The van der Waals surface area contributed by atoms with Crippen molar-refractivity contribution < 1.29 is 24.0 Å². The van der Waals surface area contributed by atoms with Crippen LogP contribution in [-0.2, 0) is 36.8 Å². The zero-order valence-corrected chi connectivity index (χ0v) is 38.5. The number of nitrogens with two attached hydrogens (primary N) is 5. The van der Waals surface area contributed by atoms with E-state index in [-0.39, 0.29) is 63.0 Å². The van der Waals surface area contributed by atoms with E-state index in [1.807, 2.05) is 48.5 Å². The molecule has 2 heterocycles. The van der Waals surface area contributed by atoms with Crippen LogP contribution in [0.4, 0.5) is 0 Å². The number of amides is 5. The Morgan fingerprint density at radius 3 is 1.38 bits per heavy atom. The van der Waals surface area contributed by atoms with Crippen LogP contribution in [0.25, 0.3) is 21.8 Å². The number of guanidine groups is 2. The van der Waals surface area contributed by atoms with Crippen molar-refractivity contribution in [2.45, 2.75) is 147 Å².